The lowest BCUT2D eigenvalue weighted by atomic mass is 9.82. The van der Waals surface area contributed by atoms with Crippen LogP contribution in [0.2, 0.25) is 0 Å². The van der Waals surface area contributed by atoms with E-state index < -0.39 is 0 Å². The molecule has 1 aromatic heterocycles. The van der Waals surface area contributed by atoms with E-state index in [2.05, 4.69) is 58.7 Å². The maximum Gasteiger partial charge on any atom is 0.325 e. The molecule has 8 heteroatoms. The van der Waals surface area contributed by atoms with Crippen molar-refractivity contribution in [1.29, 1.82) is 5.26 Å². The zero-order chi connectivity index (χ0) is 26.2. The number of nitriles is 1. The first-order chi connectivity index (χ1) is 17.9. The van der Waals surface area contributed by atoms with Gasteiger partial charge in [0.2, 0.25) is 0 Å². The van der Waals surface area contributed by atoms with Crippen molar-refractivity contribution in [2.24, 2.45) is 0 Å². The number of aromatic nitrogens is 1. The van der Waals surface area contributed by atoms with Gasteiger partial charge in [-0.3, -0.25) is 9.80 Å². The van der Waals surface area contributed by atoms with Gasteiger partial charge in [0.1, 0.15) is 11.5 Å². The molecule has 0 saturated carbocycles. The van der Waals surface area contributed by atoms with Gasteiger partial charge in [0.15, 0.2) is 0 Å². The molecule has 1 spiro atoms. The summed E-state index contributed by atoms with van der Waals surface area (Å²) < 4.78 is 13.5. The van der Waals surface area contributed by atoms with E-state index in [1.807, 2.05) is 17.0 Å². The molecule has 196 valence electrons. The lowest BCUT2D eigenvalue weighted by molar-refractivity contribution is 0.0876. The van der Waals surface area contributed by atoms with E-state index in [9.17, 15) is 4.79 Å². The van der Waals surface area contributed by atoms with E-state index in [-0.39, 0.29) is 17.5 Å². The number of aryl methyl sites for hydroxylation is 1. The molecule has 1 aromatic carbocycles. The second kappa shape index (κ2) is 10.1. The summed E-state index contributed by atoms with van der Waals surface area (Å²) in [6.45, 7) is 8.90. The van der Waals surface area contributed by atoms with E-state index in [0.29, 0.717) is 19.5 Å². The number of likely N-dealkylation sites (N-methyl/N-ethyl adjacent to an activating group) is 1. The van der Waals surface area contributed by atoms with Gasteiger partial charge >= 0.3 is 6.03 Å². The number of ether oxygens (including phenoxy) is 2. The highest BCUT2D eigenvalue weighted by Gasteiger charge is 2.54. The van der Waals surface area contributed by atoms with E-state index >= 15 is 0 Å². The molecule has 2 fully saturated rings. The number of fused-ring (bicyclic) bond motifs is 3. The van der Waals surface area contributed by atoms with Crippen molar-refractivity contribution in [2.45, 2.75) is 64.2 Å². The molecule has 2 aromatic rings. The highest BCUT2D eigenvalue weighted by atomic mass is 16.5. The summed E-state index contributed by atoms with van der Waals surface area (Å²) in [5.74, 6) is 1.66. The zero-order valence-corrected chi connectivity index (χ0v) is 22.4. The van der Waals surface area contributed by atoms with Gasteiger partial charge in [0.05, 0.1) is 38.8 Å². The number of carbonyl (C=O) groups excluding carboxylic acids is 1. The number of likely N-dealkylation sites (tertiary alicyclic amines) is 1. The van der Waals surface area contributed by atoms with Gasteiger partial charge in [0.25, 0.3) is 0 Å². The molecule has 5 rings (SSSR count). The van der Waals surface area contributed by atoms with Crippen molar-refractivity contribution < 1.29 is 14.3 Å². The molecule has 8 nitrogen and oxygen atoms in total. The number of hydrogen-bond acceptors (Lipinski definition) is 5. The van der Waals surface area contributed by atoms with Gasteiger partial charge in [-0.05, 0) is 43.5 Å². The SMILES string of the molecule is CCN1C(=O)N2Cc3cc(OC)cc(OC)c3[C@@H](C)C=C2C12CCN(Cc1cccn1CCC#N)CC2. The number of nitrogens with zero attached hydrogens (tertiary/aromatic N) is 5. The maximum atomic E-state index is 13.8. The minimum Gasteiger partial charge on any atom is -0.497 e. The topological polar surface area (TPSA) is 74.0 Å². The number of urea groups is 1. The molecule has 0 radical (unpaired) electrons. The zero-order valence-electron chi connectivity index (χ0n) is 22.4. The minimum atomic E-state index is -0.293. The number of benzene rings is 1. The Labute approximate surface area is 219 Å². The average Bonchev–Trinajstić information content (AvgIpc) is 3.38. The van der Waals surface area contributed by atoms with Gasteiger partial charge in [-0.2, -0.15) is 5.26 Å². The molecule has 0 unspecified atom stereocenters. The number of amides is 2. The molecule has 0 bridgehead atoms. The summed E-state index contributed by atoms with van der Waals surface area (Å²) in [5.41, 5.74) is 4.29. The number of methoxy groups -OCH3 is 2. The fourth-order valence-corrected chi connectivity index (χ4v) is 6.56. The monoisotopic (exact) mass is 503 g/mol. The van der Waals surface area contributed by atoms with Crippen LogP contribution in [0.5, 0.6) is 11.5 Å². The lowest BCUT2D eigenvalue weighted by Crippen LogP contribution is -2.53. The molecule has 2 saturated heterocycles. The summed E-state index contributed by atoms with van der Waals surface area (Å²) >= 11 is 0. The van der Waals surface area contributed by atoms with Crippen molar-refractivity contribution >= 4 is 6.03 Å². The van der Waals surface area contributed by atoms with Crippen LogP contribution in [0.1, 0.15) is 55.8 Å². The van der Waals surface area contributed by atoms with E-state index in [4.69, 9.17) is 14.7 Å². The number of allylic oxidation sites excluding steroid dienone is 1. The molecule has 2 amide bonds. The van der Waals surface area contributed by atoms with Gasteiger partial charge in [-0.15, -0.1) is 0 Å². The molecule has 3 aliphatic rings. The second-order valence-corrected chi connectivity index (χ2v) is 10.3. The van der Waals surface area contributed by atoms with Gasteiger partial charge < -0.3 is 18.9 Å². The van der Waals surface area contributed by atoms with Crippen LogP contribution in [0.3, 0.4) is 0 Å². The highest BCUT2D eigenvalue weighted by molar-refractivity contribution is 5.83. The molecule has 4 heterocycles. The molecule has 0 N–H and O–H groups in total. The summed E-state index contributed by atoms with van der Waals surface area (Å²) in [7, 11) is 3.35. The Morgan fingerprint density at radius 1 is 1.19 bits per heavy atom. The number of piperidine rings is 1. The van der Waals surface area contributed by atoms with Crippen LogP contribution in [-0.2, 0) is 19.6 Å². The van der Waals surface area contributed by atoms with Crippen LogP contribution in [-0.4, -0.2) is 64.7 Å². The fourth-order valence-electron chi connectivity index (χ4n) is 6.56. The molecule has 3 aliphatic heterocycles. The predicted octanol–water partition coefficient (Wildman–Crippen LogP) is 4.71. The van der Waals surface area contributed by atoms with Crippen LogP contribution in [0.4, 0.5) is 4.79 Å². The summed E-state index contributed by atoms with van der Waals surface area (Å²) in [5, 5.41) is 8.98. The summed E-state index contributed by atoms with van der Waals surface area (Å²) in [6, 6.07) is 10.5. The Morgan fingerprint density at radius 3 is 2.65 bits per heavy atom. The van der Waals surface area contributed by atoms with Gasteiger partial charge in [-0.1, -0.05) is 13.0 Å². The largest absolute Gasteiger partial charge is 0.497 e. The quantitative estimate of drug-likeness (QED) is 0.547. The number of carbonyl (C=O) groups is 1. The third-order valence-electron chi connectivity index (χ3n) is 8.37. The molecule has 0 aliphatic carbocycles. The summed E-state index contributed by atoms with van der Waals surface area (Å²) in [6.07, 6.45) is 6.68. The highest BCUT2D eigenvalue weighted by Crippen LogP contribution is 2.49. The fraction of sp³-hybridized carbons (Fsp3) is 0.517. The third-order valence-corrected chi connectivity index (χ3v) is 8.37. The van der Waals surface area contributed by atoms with Crippen LogP contribution >= 0.6 is 0 Å². The molecule has 37 heavy (non-hydrogen) atoms. The Kier molecular flexibility index (Phi) is 6.91. The minimum absolute atomic E-state index is 0.0921. The molecular formula is C29H37N5O3. The Balaban J connectivity index is 1.42. The molecule has 1 atom stereocenters. The van der Waals surface area contributed by atoms with Crippen LogP contribution in [0.25, 0.3) is 0 Å². The van der Waals surface area contributed by atoms with Crippen molar-refractivity contribution in [3.63, 3.8) is 0 Å². The van der Waals surface area contributed by atoms with Gasteiger partial charge in [0, 0.05) is 67.9 Å². The average molecular weight is 504 g/mol. The Bertz CT molecular complexity index is 1230. The van der Waals surface area contributed by atoms with Crippen molar-refractivity contribution in [3.05, 3.63) is 59.1 Å². The van der Waals surface area contributed by atoms with Crippen LogP contribution in [0.15, 0.2) is 42.2 Å². The van der Waals surface area contributed by atoms with Crippen LogP contribution in [0, 0.1) is 11.3 Å². The maximum absolute atomic E-state index is 13.8. The first-order valence-corrected chi connectivity index (χ1v) is 13.2. The van der Waals surface area contributed by atoms with E-state index in [1.54, 1.807) is 14.2 Å². The van der Waals surface area contributed by atoms with Crippen molar-refractivity contribution in [3.8, 4) is 17.6 Å². The first kappa shape index (κ1) is 25.2. The predicted molar refractivity (Wildman–Crippen MR) is 141 cm³/mol. The van der Waals surface area contributed by atoms with Crippen molar-refractivity contribution in [1.82, 2.24) is 19.3 Å². The standard InChI is InChI=1S/C29H37N5O3/c1-5-34-28(35)33-19-22-17-24(36-3)18-25(37-4)27(22)21(2)16-26(33)29(34)9-14-31(15-10-29)20-23-8-6-12-32(23)13-7-11-30/h6,8,12,16-18,21H,5,7,9-10,13-15,19-20H2,1-4H3/t21-/m0/s1. The summed E-state index contributed by atoms with van der Waals surface area (Å²) in [4.78, 5) is 20.4. The normalized spacial score (nSPS) is 20.8. The first-order valence-electron chi connectivity index (χ1n) is 13.2. The third kappa shape index (κ3) is 4.25. The van der Waals surface area contributed by atoms with Crippen LogP contribution < -0.4 is 9.47 Å². The number of hydrogen-bond donors (Lipinski definition) is 0. The van der Waals surface area contributed by atoms with E-state index in [0.717, 1.165) is 67.3 Å². The number of rotatable bonds is 7. The molecular weight excluding hydrogens is 466 g/mol. The lowest BCUT2D eigenvalue weighted by Gasteiger charge is -2.44. The Morgan fingerprint density at radius 2 is 1.97 bits per heavy atom. The van der Waals surface area contributed by atoms with E-state index in [1.165, 1.54) is 5.69 Å². The van der Waals surface area contributed by atoms with Gasteiger partial charge in [-0.25, -0.2) is 4.79 Å². The Hall–Kier alpha value is -3.44. The second-order valence-electron chi connectivity index (χ2n) is 10.3. The van der Waals surface area contributed by atoms with Crippen molar-refractivity contribution in [2.75, 3.05) is 33.9 Å². The smallest absolute Gasteiger partial charge is 0.325 e.